The number of likely N-dealkylation sites (tertiary alicyclic amines) is 1. The van der Waals surface area contributed by atoms with Gasteiger partial charge in [-0.15, -0.1) is 0 Å². The highest BCUT2D eigenvalue weighted by Crippen LogP contribution is 2.28. The molecule has 6 heteroatoms. The highest BCUT2D eigenvalue weighted by atomic mass is 16.5. The van der Waals surface area contributed by atoms with Crippen LogP contribution in [-0.4, -0.2) is 89.5 Å². The van der Waals surface area contributed by atoms with E-state index in [1.165, 1.54) is 25.9 Å². The van der Waals surface area contributed by atoms with Crippen LogP contribution in [0.5, 0.6) is 11.5 Å². The van der Waals surface area contributed by atoms with Crippen LogP contribution in [0.25, 0.3) is 0 Å². The number of phenols is 1. The number of piperidine rings is 1. The third-order valence-electron chi connectivity index (χ3n) is 6.42. The van der Waals surface area contributed by atoms with Crippen LogP contribution in [0.2, 0.25) is 0 Å². The minimum Gasteiger partial charge on any atom is -0.504 e. The average Bonchev–Trinajstić information content (AvgIpc) is 2.69. The Morgan fingerprint density at radius 1 is 1.14 bits per heavy atom. The first-order chi connectivity index (χ1) is 13.5. The molecular weight excluding hydrogens is 354 g/mol. The number of aliphatic hydroxyl groups excluding tert-OH is 1. The van der Waals surface area contributed by atoms with Crippen molar-refractivity contribution in [3.05, 3.63) is 23.8 Å². The molecule has 0 radical (unpaired) electrons. The molecular formula is C22H37N3O3. The summed E-state index contributed by atoms with van der Waals surface area (Å²) in [5.41, 5.74) is 1.10. The summed E-state index contributed by atoms with van der Waals surface area (Å²) in [4.78, 5) is 7.68. The average molecular weight is 392 g/mol. The third-order valence-corrected chi connectivity index (χ3v) is 6.42. The van der Waals surface area contributed by atoms with Crippen molar-refractivity contribution >= 4 is 0 Å². The molecule has 3 rings (SSSR count). The second-order valence-electron chi connectivity index (χ2n) is 8.51. The van der Waals surface area contributed by atoms with E-state index in [1.807, 2.05) is 12.1 Å². The summed E-state index contributed by atoms with van der Waals surface area (Å²) in [5, 5.41) is 19.7. The van der Waals surface area contributed by atoms with Crippen molar-refractivity contribution in [2.45, 2.75) is 57.8 Å². The number of benzene rings is 1. The van der Waals surface area contributed by atoms with Gasteiger partial charge in [0.1, 0.15) is 0 Å². The lowest BCUT2D eigenvalue weighted by Crippen LogP contribution is -2.58. The number of rotatable bonds is 7. The first kappa shape index (κ1) is 21.4. The third kappa shape index (κ3) is 5.17. The zero-order valence-electron chi connectivity index (χ0n) is 17.7. The number of aromatic hydroxyl groups is 1. The molecule has 0 amide bonds. The topological polar surface area (TPSA) is 59.4 Å². The monoisotopic (exact) mass is 391 g/mol. The summed E-state index contributed by atoms with van der Waals surface area (Å²) < 4.78 is 5.14. The van der Waals surface area contributed by atoms with E-state index in [2.05, 4.69) is 28.5 Å². The zero-order chi connectivity index (χ0) is 20.1. The Morgan fingerprint density at radius 2 is 1.89 bits per heavy atom. The first-order valence-electron chi connectivity index (χ1n) is 10.7. The number of hydrogen-bond donors (Lipinski definition) is 2. The molecule has 0 bridgehead atoms. The van der Waals surface area contributed by atoms with Crippen molar-refractivity contribution in [3.63, 3.8) is 0 Å². The normalized spacial score (nSPS) is 23.4. The fourth-order valence-corrected chi connectivity index (χ4v) is 4.79. The van der Waals surface area contributed by atoms with Crippen LogP contribution in [0.3, 0.4) is 0 Å². The Kier molecular flexibility index (Phi) is 7.57. The minimum atomic E-state index is 0.197. The second-order valence-corrected chi connectivity index (χ2v) is 8.51. The van der Waals surface area contributed by atoms with Crippen molar-refractivity contribution in [1.29, 1.82) is 0 Å². The minimum absolute atomic E-state index is 0.197. The molecule has 2 aliphatic rings. The summed E-state index contributed by atoms with van der Waals surface area (Å²) >= 11 is 0. The maximum atomic E-state index is 10.0. The van der Waals surface area contributed by atoms with Gasteiger partial charge in [-0.05, 0) is 63.9 Å². The van der Waals surface area contributed by atoms with Gasteiger partial charge in [-0.1, -0.05) is 6.07 Å². The summed E-state index contributed by atoms with van der Waals surface area (Å²) in [7, 11) is 1.57. The van der Waals surface area contributed by atoms with Crippen LogP contribution in [0, 0.1) is 0 Å². The van der Waals surface area contributed by atoms with Crippen LogP contribution < -0.4 is 4.74 Å². The molecule has 2 heterocycles. The summed E-state index contributed by atoms with van der Waals surface area (Å²) in [6.07, 6.45) is 3.29. The fraction of sp³-hybridized carbons (Fsp3) is 0.727. The number of aliphatic hydroxyl groups is 1. The molecule has 158 valence electrons. The molecule has 1 aromatic carbocycles. The lowest BCUT2D eigenvalue weighted by molar-refractivity contribution is -0.0000423. The summed E-state index contributed by atoms with van der Waals surface area (Å²) in [6, 6.07) is 7.32. The van der Waals surface area contributed by atoms with Gasteiger partial charge in [-0.3, -0.25) is 9.80 Å². The SMILES string of the molecule is COc1ccc(CN2CCN(C3CCN(C(C)C)CC3)[C@H](CCO)C2)cc1O. The molecule has 0 saturated carbocycles. The highest BCUT2D eigenvalue weighted by molar-refractivity contribution is 5.41. The number of hydrogen-bond acceptors (Lipinski definition) is 6. The smallest absolute Gasteiger partial charge is 0.160 e. The van der Waals surface area contributed by atoms with Gasteiger partial charge in [0, 0.05) is 50.9 Å². The van der Waals surface area contributed by atoms with Crippen molar-refractivity contribution < 1.29 is 14.9 Å². The largest absolute Gasteiger partial charge is 0.504 e. The van der Waals surface area contributed by atoms with E-state index in [-0.39, 0.29) is 12.4 Å². The second kappa shape index (κ2) is 9.92. The quantitative estimate of drug-likeness (QED) is 0.743. The number of methoxy groups -OCH3 is 1. The Morgan fingerprint density at radius 3 is 2.50 bits per heavy atom. The molecule has 2 N–H and O–H groups in total. The molecule has 0 unspecified atom stereocenters. The van der Waals surface area contributed by atoms with E-state index in [0.717, 1.165) is 38.2 Å². The Labute approximate surface area is 169 Å². The highest BCUT2D eigenvalue weighted by Gasteiger charge is 2.33. The van der Waals surface area contributed by atoms with Gasteiger partial charge in [0.15, 0.2) is 11.5 Å². The van der Waals surface area contributed by atoms with Crippen molar-refractivity contribution in [2.24, 2.45) is 0 Å². The fourth-order valence-electron chi connectivity index (χ4n) is 4.79. The molecule has 1 atom stereocenters. The predicted molar refractivity (Wildman–Crippen MR) is 112 cm³/mol. The number of piperazine rings is 1. The molecule has 2 fully saturated rings. The molecule has 6 nitrogen and oxygen atoms in total. The predicted octanol–water partition coefficient (Wildman–Crippen LogP) is 2.14. The van der Waals surface area contributed by atoms with Gasteiger partial charge >= 0.3 is 0 Å². The molecule has 0 aliphatic carbocycles. The first-order valence-corrected chi connectivity index (χ1v) is 10.7. The maximum Gasteiger partial charge on any atom is 0.160 e. The van der Waals surface area contributed by atoms with Crippen LogP contribution in [0.4, 0.5) is 0 Å². The van der Waals surface area contributed by atoms with Crippen LogP contribution >= 0.6 is 0 Å². The van der Waals surface area contributed by atoms with E-state index in [9.17, 15) is 10.2 Å². The van der Waals surface area contributed by atoms with Gasteiger partial charge in [0.05, 0.1) is 7.11 Å². The molecule has 1 aromatic rings. The van der Waals surface area contributed by atoms with Crippen LogP contribution in [-0.2, 0) is 6.54 Å². The number of ether oxygens (including phenoxy) is 1. The van der Waals surface area contributed by atoms with Crippen LogP contribution in [0.15, 0.2) is 18.2 Å². The lowest BCUT2D eigenvalue weighted by atomic mass is 9.97. The number of phenolic OH excluding ortho intramolecular Hbond substituents is 1. The van der Waals surface area contributed by atoms with Gasteiger partial charge < -0.3 is 19.8 Å². The molecule has 2 saturated heterocycles. The van der Waals surface area contributed by atoms with E-state index in [4.69, 9.17) is 4.74 Å². The van der Waals surface area contributed by atoms with Gasteiger partial charge in [-0.2, -0.15) is 0 Å². The molecule has 0 aromatic heterocycles. The van der Waals surface area contributed by atoms with Gasteiger partial charge in [0.2, 0.25) is 0 Å². The van der Waals surface area contributed by atoms with Gasteiger partial charge in [0.25, 0.3) is 0 Å². The standard InChI is InChI=1S/C22H37N3O3/c1-17(2)24-9-6-19(7-10-24)25-12-11-23(16-20(25)8-13-26)15-18-4-5-22(28-3)21(27)14-18/h4-5,14,17,19-20,26-27H,6-13,15-16H2,1-3H3/t20-/m1/s1. The Balaban J connectivity index is 1.59. The Bertz CT molecular complexity index is 617. The molecule has 0 spiro atoms. The maximum absolute atomic E-state index is 10.0. The zero-order valence-corrected chi connectivity index (χ0v) is 17.7. The van der Waals surface area contributed by atoms with Gasteiger partial charge in [-0.25, -0.2) is 0 Å². The molecule has 28 heavy (non-hydrogen) atoms. The van der Waals surface area contributed by atoms with Crippen molar-refractivity contribution in [3.8, 4) is 11.5 Å². The molecule has 2 aliphatic heterocycles. The number of nitrogens with zero attached hydrogens (tertiary/aromatic N) is 3. The van der Waals surface area contributed by atoms with Crippen molar-refractivity contribution in [2.75, 3.05) is 46.4 Å². The van der Waals surface area contributed by atoms with E-state index >= 15 is 0 Å². The van der Waals surface area contributed by atoms with E-state index in [1.54, 1.807) is 13.2 Å². The van der Waals surface area contributed by atoms with E-state index < -0.39 is 0 Å². The lowest BCUT2D eigenvalue weighted by Gasteiger charge is -2.48. The van der Waals surface area contributed by atoms with Crippen LogP contribution in [0.1, 0.15) is 38.7 Å². The van der Waals surface area contributed by atoms with Crippen molar-refractivity contribution in [1.82, 2.24) is 14.7 Å². The summed E-state index contributed by atoms with van der Waals surface area (Å²) in [5.74, 6) is 0.710. The Hall–Kier alpha value is -1.34. The van der Waals surface area contributed by atoms with E-state index in [0.29, 0.717) is 23.9 Å². The summed E-state index contributed by atoms with van der Waals surface area (Å²) in [6.45, 7) is 11.0.